The molecule has 4 aliphatic carbocycles. The molecule has 6 fully saturated rings. The number of rotatable bonds is 2. The van der Waals surface area contributed by atoms with Crippen molar-refractivity contribution in [3.8, 4) is 0 Å². The third-order valence-electron chi connectivity index (χ3n) is 9.06. The van der Waals surface area contributed by atoms with Crippen molar-refractivity contribution in [2.24, 2.45) is 29.6 Å². The molecular weight excluding hydrogens is 372 g/mol. The van der Waals surface area contributed by atoms with Gasteiger partial charge in [-0.05, 0) is 100 Å². The Morgan fingerprint density at radius 1 is 1.03 bits per heavy atom. The summed E-state index contributed by atoms with van der Waals surface area (Å²) in [5.74, 6) is 3.94. The molecule has 3 heterocycles. The Balaban J connectivity index is 1.08. The van der Waals surface area contributed by atoms with E-state index in [1.54, 1.807) is 0 Å². The minimum Gasteiger partial charge on any atom is -0.371 e. The second-order valence-electron chi connectivity index (χ2n) is 11.3. The number of nitrogens with zero attached hydrogens (tertiary/aromatic N) is 3. The Morgan fingerprint density at radius 2 is 1.63 bits per heavy atom. The maximum Gasteiger partial charge on any atom is 0.317 e. The lowest BCUT2D eigenvalue weighted by atomic mass is 9.53. The van der Waals surface area contributed by atoms with Crippen molar-refractivity contribution in [2.45, 2.75) is 63.8 Å². The monoisotopic (exact) mass is 408 g/mol. The normalized spacial score (nSPS) is 39.7. The Hall–Kier alpha value is -1.78. The molecular formula is C25H36N4O. The van der Waals surface area contributed by atoms with Gasteiger partial charge in [0.05, 0.1) is 0 Å². The van der Waals surface area contributed by atoms with E-state index in [0.717, 1.165) is 49.6 Å². The van der Waals surface area contributed by atoms with Gasteiger partial charge < -0.3 is 15.1 Å². The van der Waals surface area contributed by atoms with Gasteiger partial charge in [-0.3, -0.25) is 4.98 Å². The summed E-state index contributed by atoms with van der Waals surface area (Å²) in [6, 6.07) is 4.58. The van der Waals surface area contributed by atoms with E-state index < -0.39 is 0 Å². The lowest BCUT2D eigenvalue weighted by molar-refractivity contribution is -0.0154. The number of carbonyl (C=O) groups is 1. The summed E-state index contributed by atoms with van der Waals surface area (Å²) in [6.07, 6.45) is 12.3. The molecule has 1 aromatic heterocycles. The van der Waals surface area contributed by atoms with E-state index in [1.807, 2.05) is 6.20 Å². The zero-order chi connectivity index (χ0) is 20.3. The summed E-state index contributed by atoms with van der Waals surface area (Å²) in [5, 5.41) is 3.60. The smallest absolute Gasteiger partial charge is 0.317 e. The quantitative estimate of drug-likeness (QED) is 0.797. The van der Waals surface area contributed by atoms with Gasteiger partial charge in [-0.25, -0.2) is 4.79 Å². The molecule has 5 nitrogen and oxygen atoms in total. The van der Waals surface area contributed by atoms with Gasteiger partial charge in [0.1, 0.15) is 0 Å². The van der Waals surface area contributed by atoms with Crippen molar-refractivity contribution in [3.63, 3.8) is 0 Å². The van der Waals surface area contributed by atoms with Gasteiger partial charge in [0.25, 0.3) is 0 Å². The van der Waals surface area contributed by atoms with E-state index >= 15 is 0 Å². The summed E-state index contributed by atoms with van der Waals surface area (Å²) >= 11 is 0. The highest BCUT2D eigenvalue weighted by atomic mass is 16.2. The molecule has 7 rings (SSSR count). The maximum atomic E-state index is 13.3. The Labute approximate surface area is 180 Å². The summed E-state index contributed by atoms with van der Waals surface area (Å²) in [4.78, 5) is 22.3. The molecule has 4 bridgehead atoms. The first kappa shape index (κ1) is 18.9. The van der Waals surface area contributed by atoms with E-state index in [1.165, 1.54) is 57.1 Å². The molecule has 0 spiro atoms. The molecule has 2 atom stereocenters. The first-order valence-electron chi connectivity index (χ1n) is 12.3. The zero-order valence-corrected chi connectivity index (χ0v) is 18.4. The number of anilines is 1. The second kappa shape index (κ2) is 7.13. The van der Waals surface area contributed by atoms with Crippen LogP contribution in [0.2, 0.25) is 0 Å². The molecule has 2 amide bonds. The average Bonchev–Trinajstić information content (AvgIpc) is 3.00. The van der Waals surface area contributed by atoms with Crippen LogP contribution in [0.25, 0.3) is 0 Å². The fraction of sp³-hybridized carbons (Fsp3) is 0.760. The predicted molar refractivity (Wildman–Crippen MR) is 118 cm³/mol. The van der Waals surface area contributed by atoms with Crippen LogP contribution in [-0.4, -0.2) is 47.6 Å². The van der Waals surface area contributed by atoms with E-state index in [9.17, 15) is 4.79 Å². The lowest BCUT2D eigenvalue weighted by Crippen LogP contribution is -2.61. The van der Waals surface area contributed by atoms with E-state index in [-0.39, 0.29) is 11.6 Å². The van der Waals surface area contributed by atoms with Crippen molar-refractivity contribution in [3.05, 3.63) is 24.0 Å². The van der Waals surface area contributed by atoms with E-state index in [2.05, 4.69) is 39.2 Å². The van der Waals surface area contributed by atoms with Crippen LogP contribution in [0.5, 0.6) is 0 Å². The van der Waals surface area contributed by atoms with Crippen molar-refractivity contribution < 1.29 is 4.79 Å². The minimum absolute atomic E-state index is 0.131. The number of amides is 2. The van der Waals surface area contributed by atoms with Crippen molar-refractivity contribution in [1.82, 2.24) is 15.2 Å². The maximum absolute atomic E-state index is 13.3. The van der Waals surface area contributed by atoms with Crippen molar-refractivity contribution in [2.75, 3.05) is 31.1 Å². The van der Waals surface area contributed by atoms with Gasteiger partial charge >= 0.3 is 6.03 Å². The van der Waals surface area contributed by atoms with Gasteiger partial charge in [0.2, 0.25) is 0 Å². The third-order valence-corrected chi connectivity index (χ3v) is 9.06. The summed E-state index contributed by atoms with van der Waals surface area (Å²) < 4.78 is 0. The molecule has 5 heteroatoms. The molecule has 0 aromatic carbocycles. The van der Waals surface area contributed by atoms with E-state index in [0.29, 0.717) is 11.8 Å². The largest absolute Gasteiger partial charge is 0.371 e. The number of pyridine rings is 1. The predicted octanol–water partition coefficient (Wildman–Crippen LogP) is 4.22. The molecule has 1 aromatic rings. The average molecular weight is 409 g/mol. The molecule has 4 saturated carbocycles. The molecule has 2 aliphatic heterocycles. The first-order valence-corrected chi connectivity index (χ1v) is 12.3. The topological polar surface area (TPSA) is 48.5 Å². The zero-order valence-electron chi connectivity index (χ0n) is 18.4. The highest BCUT2D eigenvalue weighted by Gasteiger charge is 2.52. The van der Waals surface area contributed by atoms with Crippen LogP contribution in [0, 0.1) is 36.5 Å². The van der Waals surface area contributed by atoms with Crippen LogP contribution in [0.1, 0.15) is 57.1 Å². The number of nitrogens with one attached hydrogen (secondary N) is 1. The Bertz CT molecular complexity index is 772. The number of aromatic nitrogens is 1. The number of aryl methyl sites for hydroxylation is 1. The Morgan fingerprint density at radius 3 is 2.20 bits per heavy atom. The summed E-state index contributed by atoms with van der Waals surface area (Å²) in [5.41, 5.74) is 2.52. The van der Waals surface area contributed by atoms with Crippen LogP contribution in [0.3, 0.4) is 0 Å². The van der Waals surface area contributed by atoms with Crippen LogP contribution in [0.15, 0.2) is 18.3 Å². The first-order chi connectivity index (χ1) is 14.6. The molecule has 6 aliphatic rings. The van der Waals surface area contributed by atoms with Gasteiger partial charge in [0, 0.05) is 49.3 Å². The minimum atomic E-state index is 0.131. The molecule has 2 saturated heterocycles. The lowest BCUT2D eigenvalue weighted by Gasteiger charge is -2.57. The standard InChI is InChI=1S/C25H36N4O/c1-17-8-23(2-5-26-17)28-6-3-21-15-29(16-22(21)4-7-28)24(30)27-25-12-18-9-19(13-25)11-20(10-18)14-25/h2,5,8,18-22H,3-4,6-7,9-16H2,1H3,(H,27,30)/t18?,19?,20?,21-,22+,25?. The molecule has 162 valence electrons. The molecule has 1 N–H and O–H groups in total. The van der Waals surface area contributed by atoms with Gasteiger partial charge in [-0.2, -0.15) is 0 Å². The number of urea groups is 1. The molecule has 0 unspecified atom stereocenters. The van der Waals surface area contributed by atoms with Gasteiger partial charge in [-0.15, -0.1) is 0 Å². The second-order valence-corrected chi connectivity index (χ2v) is 11.3. The van der Waals surface area contributed by atoms with Crippen LogP contribution in [-0.2, 0) is 0 Å². The number of carbonyl (C=O) groups excluding carboxylic acids is 1. The van der Waals surface area contributed by atoms with Crippen molar-refractivity contribution >= 4 is 11.7 Å². The summed E-state index contributed by atoms with van der Waals surface area (Å²) in [6.45, 7) is 6.15. The highest BCUT2D eigenvalue weighted by Crippen LogP contribution is 2.55. The van der Waals surface area contributed by atoms with Crippen molar-refractivity contribution in [1.29, 1.82) is 0 Å². The Kier molecular flexibility index (Phi) is 4.50. The number of fused-ring (bicyclic) bond motifs is 1. The fourth-order valence-corrected chi connectivity index (χ4v) is 8.07. The van der Waals surface area contributed by atoms with Crippen LogP contribution >= 0.6 is 0 Å². The number of likely N-dealkylation sites (tertiary alicyclic amines) is 1. The number of hydrogen-bond acceptors (Lipinski definition) is 3. The van der Waals surface area contributed by atoms with E-state index in [4.69, 9.17) is 0 Å². The van der Waals surface area contributed by atoms with Crippen LogP contribution in [0.4, 0.5) is 10.5 Å². The van der Waals surface area contributed by atoms with Gasteiger partial charge in [-0.1, -0.05) is 0 Å². The molecule has 0 radical (unpaired) electrons. The van der Waals surface area contributed by atoms with Gasteiger partial charge in [0.15, 0.2) is 0 Å². The summed E-state index contributed by atoms with van der Waals surface area (Å²) in [7, 11) is 0. The molecule has 30 heavy (non-hydrogen) atoms. The SMILES string of the molecule is Cc1cc(N2CC[C@@H]3CN(C(=O)NC45CC6CC(CC(C6)C4)C5)C[C@@H]3CC2)ccn1. The fourth-order valence-electron chi connectivity index (χ4n) is 8.07. The highest BCUT2D eigenvalue weighted by molar-refractivity contribution is 5.75. The van der Waals surface area contributed by atoms with Crippen LogP contribution < -0.4 is 10.2 Å². The number of hydrogen-bond donors (Lipinski definition) is 1. The third kappa shape index (κ3) is 3.38.